The summed E-state index contributed by atoms with van der Waals surface area (Å²) in [4.78, 5) is 16.5. The van der Waals surface area contributed by atoms with Gasteiger partial charge in [0.2, 0.25) is 0 Å². The zero-order valence-electron chi connectivity index (χ0n) is 13.7. The monoisotopic (exact) mass is 347 g/mol. The lowest BCUT2D eigenvalue weighted by molar-refractivity contribution is 0.102. The SMILES string of the molecule is Cc1nccn1-c1ccc(C(=O)Nc2ccc(-n3cnnn3)cc2)nn1. The van der Waals surface area contributed by atoms with Crippen molar-refractivity contribution in [3.63, 3.8) is 0 Å². The van der Waals surface area contributed by atoms with E-state index in [0.717, 1.165) is 11.5 Å². The van der Waals surface area contributed by atoms with Gasteiger partial charge in [0, 0.05) is 18.1 Å². The van der Waals surface area contributed by atoms with Crippen LogP contribution in [0, 0.1) is 6.92 Å². The maximum absolute atomic E-state index is 12.3. The minimum Gasteiger partial charge on any atom is -0.321 e. The van der Waals surface area contributed by atoms with Crippen LogP contribution in [0.5, 0.6) is 0 Å². The van der Waals surface area contributed by atoms with Crippen LogP contribution in [0.4, 0.5) is 5.69 Å². The number of aromatic nitrogens is 8. The summed E-state index contributed by atoms with van der Waals surface area (Å²) in [6, 6.07) is 10.4. The summed E-state index contributed by atoms with van der Waals surface area (Å²) in [5, 5.41) is 21.8. The van der Waals surface area contributed by atoms with E-state index in [1.807, 2.05) is 6.92 Å². The Bertz CT molecular complexity index is 1020. The Morgan fingerprint density at radius 1 is 1.08 bits per heavy atom. The number of amides is 1. The number of carbonyl (C=O) groups is 1. The maximum Gasteiger partial charge on any atom is 0.276 e. The molecule has 0 fully saturated rings. The molecule has 3 aromatic heterocycles. The first-order valence-electron chi connectivity index (χ1n) is 7.69. The number of benzene rings is 1. The predicted octanol–water partition coefficient (Wildman–Crippen LogP) is 1.20. The summed E-state index contributed by atoms with van der Waals surface area (Å²) in [6.45, 7) is 1.86. The number of hydrogen-bond acceptors (Lipinski definition) is 7. The molecule has 0 spiro atoms. The second kappa shape index (κ2) is 6.51. The van der Waals surface area contributed by atoms with E-state index >= 15 is 0 Å². The average molecular weight is 347 g/mol. The number of hydrogen-bond donors (Lipinski definition) is 1. The van der Waals surface area contributed by atoms with E-state index in [-0.39, 0.29) is 11.6 Å². The molecule has 0 bridgehead atoms. The number of tetrazole rings is 1. The van der Waals surface area contributed by atoms with E-state index in [2.05, 4.69) is 36.0 Å². The Morgan fingerprint density at radius 2 is 1.92 bits per heavy atom. The van der Waals surface area contributed by atoms with Crippen LogP contribution in [0.3, 0.4) is 0 Å². The van der Waals surface area contributed by atoms with Crippen LogP contribution < -0.4 is 5.32 Å². The van der Waals surface area contributed by atoms with Gasteiger partial charge in [0.25, 0.3) is 5.91 Å². The normalized spacial score (nSPS) is 10.7. The van der Waals surface area contributed by atoms with E-state index < -0.39 is 0 Å². The molecule has 3 heterocycles. The first kappa shape index (κ1) is 15.6. The molecule has 1 amide bonds. The van der Waals surface area contributed by atoms with Gasteiger partial charge < -0.3 is 5.32 Å². The summed E-state index contributed by atoms with van der Waals surface area (Å²) < 4.78 is 3.31. The Morgan fingerprint density at radius 3 is 2.54 bits per heavy atom. The number of rotatable bonds is 4. The van der Waals surface area contributed by atoms with Crippen molar-refractivity contribution < 1.29 is 4.79 Å². The Kier molecular flexibility index (Phi) is 3.90. The summed E-state index contributed by atoms with van der Waals surface area (Å²) >= 11 is 0. The molecule has 0 saturated heterocycles. The molecule has 10 nitrogen and oxygen atoms in total. The lowest BCUT2D eigenvalue weighted by Gasteiger charge is -2.07. The first-order chi connectivity index (χ1) is 12.7. The predicted molar refractivity (Wildman–Crippen MR) is 91.0 cm³/mol. The van der Waals surface area contributed by atoms with Crippen LogP contribution >= 0.6 is 0 Å². The third-order valence-electron chi connectivity index (χ3n) is 3.69. The second-order valence-electron chi connectivity index (χ2n) is 5.38. The largest absolute Gasteiger partial charge is 0.321 e. The zero-order valence-corrected chi connectivity index (χ0v) is 13.7. The summed E-state index contributed by atoms with van der Waals surface area (Å²) in [5.74, 6) is 1.04. The molecule has 0 aliphatic carbocycles. The van der Waals surface area contributed by atoms with E-state index in [1.54, 1.807) is 53.4 Å². The molecule has 0 aliphatic heterocycles. The molecule has 128 valence electrons. The van der Waals surface area contributed by atoms with E-state index in [0.29, 0.717) is 11.5 Å². The van der Waals surface area contributed by atoms with Crippen molar-refractivity contribution in [3.8, 4) is 11.5 Å². The van der Waals surface area contributed by atoms with Gasteiger partial charge in [-0.05, 0) is 53.7 Å². The molecule has 1 N–H and O–H groups in total. The Balaban J connectivity index is 1.47. The van der Waals surface area contributed by atoms with Crippen LogP contribution in [-0.2, 0) is 0 Å². The van der Waals surface area contributed by atoms with Gasteiger partial charge in [-0.1, -0.05) is 0 Å². The molecule has 4 rings (SSSR count). The van der Waals surface area contributed by atoms with Crippen LogP contribution in [0.1, 0.15) is 16.3 Å². The second-order valence-corrected chi connectivity index (χ2v) is 5.38. The van der Waals surface area contributed by atoms with Gasteiger partial charge in [-0.2, -0.15) is 0 Å². The minimum absolute atomic E-state index is 0.219. The molecule has 0 atom stereocenters. The number of nitrogens with one attached hydrogen (secondary N) is 1. The van der Waals surface area contributed by atoms with Gasteiger partial charge >= 0.3 is 0 Å². The number of carbonyl (C=O) groups excluding carboxylic acids is 1. The fraction of sp³-hybridized carbons (Fsp3) is 0.0625. The minimum atomic E-state index is -0.346. The highest BCUT2D eigenvalue weighted by Crippen LogP contribution is 2.13. The van der Waals surface area contributed by atoms with Gasteiger partial charge in [-0.15, -0.1) is 15.3 Å². The summed E-state index contributed by atoms with van der Waals surface area (Å²) in [5.41, 5.74) is 1.63. The molecule has 4 aromatic rings. The van der Waals surface area contributed by atoms with Gasteiger partial charge in [0.15, 0.2) is 11.5 Å². The molecule has 0 unspecified atom stereocenters. The number of anilines is 1. The van der Waals surface area contributed by atoms with E-state index in [9.17, 15) is 4.79 Å². The molecule has 1 aromatic carbocycles. The molecule has 0 saturated carbocycles. The van der Waals surface area contributed by atoms with E-state index in [1.165, 1.54) is 11.0 Å². The zero-order chi connectivity index (χ0) is 17.9. The number of imidazole rings is 1. The van der Waals surface area contributed by atoms with Crippen LogP contribution in [0.2, 0.25) is 0 Å². The highest BCUT2D eigenvalue weighted by Gasteiger charge is 2.10. The smallest absolute Gasteiger partial charge is 0.276 e. The van der Waals surface area contributed by atoms with Crippen molar-refractivity contribution in [2.75, 3.05) is 5.32 Å². The molecule has 26 heavy (non-hydrogen) atoms. The average Bonchev–Trinajstić information content (AvgIpc) is 3.34. The van der Waals surface area contributed by atoms with Crippen molar-refractivity contribution in [2.45, 2.75) is 6.92 Å². The highest BCUT2D eigenvalue weighted by molar-refractivity contribution is 6.02. The van der Waals surface area contributed by atoms with Crippen molar-refractivity contribution in [2.24, 2.45) is 0 Å². The van der Waals surface area contributed by atoms with Gasteiger partial charge in [0.05, 0.1) is 5.69 Å². The molecule has 10 heteroatoms. The number of aryl methyl sites for hydroxylation is 1. The standard InChI is InChI=1S/C16H13N9O/c1-11-17-8-9-24(11)15-7-6-14(20-21-15)16(26)19-12-2-4-13(5-3-12)25-10-18-22-23-25/h2-10H,1H3,(H,19,26). The van der Waals surface area contributed by atoms with Crippen LogP contribution in [0.15, 0.2) is 55.1 Å². The molecule has 0 aliphatic rings. The van der Waals surface area contributed by atoms with Crippen LogP contribution in [-0.4, -0.2) is 45.9 Å². The maximum atomic E-state index is 12.3. The summed E-state index contributed by atoms with van der Waals surface area (Å²) in [7, 11) is 0. The lowest BCUT2D eigenvalue weighted by Crippen LogP contribution is -2.15. The topological polar surface area (TPSA) is 116 Å². The third-order valence-corrected chi connectivity index (χ3v) is 3.69. The Labute approximate surface area is 147 Å². The fourth-order valence-electron chi connectivity index (χ4n) is 2.37. The van der Waals surface area contributed by atoms with Crippen molar-refractivity contribution in [1.82, 2.24) is 40.0 Å². The Hall–Kier alpha value is -3.95. The fourth-order valence-corrected chi connectivity index (χ4v) is 2.37. The number of nitrogens with zero attached hydrogens (tertiary/aromatic N) is 8. The molecule has 0 radical (unpaired) electrons. The third kappa shape index (κ3) is 3.02. The van der Waals surface area contributed by atoms with Gasteiger partial charge in [0.1, 0.15) is 12.2 Å². The van der Waals surface area contributed by atoms with Gasteiger partial charge in [-0.3, -0.25) is 9.36 Å². The van der Waals surface area contributed by atoms with Crippen LogP contribution in [0.25, 0.3) is 11.5 Å². The lowest BCUT2D eigenvalue weighted by atomic mass is 10.2. The van der Waals surface area contributed by atoms with Crippen molar-refractivity contribution in [1.29, 1.82) is 0 Å². The van der Waals surface area contributed by atoms with Gasteiger partial charge in [-0.25, -0.2) is 9.67 Å². The molecular formula is C16H13N9O. The van der Waals surface area contributed by atoms with Crippen molar-refractivity contribution >= 4 is 11.6 Å². The quantitative estimate of drug-likeness (QED) is 0.589. The van der Waals surface area contributed by atoms with Crippen molar-refractivity contribution in [3.05, 3.63) is 66.6 Å². The van der Waals surface area contributed by atoms with E-state index in [4.69, 9.17) is 0 Å². The summed E-state index contributed by atoms with van der Waals surface area (Å²) in [6.07, 6.45) is 4.95. The molecular weight excluding hydrogens is 334 g/mol. The highest BCUT2D eigenvalue weighted by atomic mass is 16.1. The first-order valence-corrected chi connectivity index (χ1v) is 7.69.